The SMILES string of the molecule is O=C(Nc1ccc(Cl)nn1)c1cncc(F)c1. The molecule has 2 rings (SSSR count). The van der Waals surface area contributed by atoms with Crippen LogP contribution in [0.4, 0.5) is 10.2 Å². The first kappa shape index (κ1) is 11.4. The lowest BCUT2D eigenvalue weighted by molar-refractivity contribution is 0.102. The van der Waals surface area contributed by atoms with Gasteiger partial charge in [0.05, 0.1) is 11.8 Å². The van der Waals surface area contributed by atoms with Crippen LogP contribution in [0.25, 0.3) is 0 Å². The first-order chi connectivity index (χ1) is 8.15. The quantitative estimate of drug-likeness (QED) is 0.887. The summed E-state index contributed by atoms with van der Waals surface area (Å²) < 4.78 is 12.8. The molecule has 2 aromatic rings. The molecular formula is C10H6ClFN4O. The van der Waals surface area contributed by atoms with E-state index in [9.17, 15) is 9.18 Å². The summed E-state index contributed by atoms with van der Waals surface area (Å²) in [6, 6.07) is 4.04. The third kappa shape index (κ3) is 2.94. The number of nitrogens with one attached hydrogen (secondary N) is 1. The summed E-state index contributed by atoms with van der Waals surface area (Å²) in [7, 11) is 0. The number of amides is 1. The second-order valence-electron chi connectivity index (χ2n) is 3.09. The highest BCUT2D eigenvalue weighted by Crippen LogP contribution is 2.08. The molecule has 1 N–H and O–H groups in total. The summed E-state index contributed by atoms with van der Waals surface area (Å²) in [5, 5.41) is 9.85. The van der Waals surface area contributed by atoms with Crippen LogP contribution in [-0.4, -0.2) is 21.1 Å². The van der Waals surface area contributed by atoms with Gasteiger partial charge in [-0.05, 0) is 18.2 Å². The number of anilines is 1. The van der Waals surface area contributed by atoms with Crippen molar-refractivity contribution in [2.24, 2.45) is 0 Å². The molecule has 0 aliphatic heterocycles. The third-order valence-corrected chi connectivity index (χ3v) is 2.04. The molecule has 0 fully saturated rings. The summed E-state index contributed by atoms with van der Waals surface area (Å²) >= 11 is 5.54. The molecule has 0 saturated carbocycles. The lowest BCUT2D eigenvalue weighted by Gasteiger charge is -2.02. The fourth-order valence-corrected chi connectivity index (χ4v) is 1.21. The summed E-state index contributed by atoms with van der Waals surface area (Å²) in [5.41, 5.74) is 0.0988. The van der Waals surface area contributed by atoms with E-state index >= 15 is 0 Å². The van der Waals surface area contributed by atoms with Crippen molar-refractivity contribution in [3.05, 3.63) is 47.1 Å². The number of hydrogen-bond donors (Lipinski definition) is 1. The molecule has 0 unspecified atom stereocenters. The van der Waals surface area contributed by atoms with Crippen molar-refractivity contribution in [1.29, 1.82) is 0 Å². The zero-order valence-electron chi connectivity index (χ0n) is 8.39. The molecule has 0 spiro atoms. The molecule has 0 aliphatic rings. The Morgan fingerprint density at radius 3 is 2.76 bits per heavy atom. The maximum absolute atomic E-state index is 12.8. The Morgan fingerprint density at radius 2 is 2.12 bits per heavy atom. The molecule has 86 valence electrons. The number of hydrogen-bond acceptors (Lipinski definition) is 4. The van der Waals surface area contributed by atoms with Gasteiger partial charge in [0, 0.05) is 6.20 Å². The molecular weight excluding hydrogens is 247 g/mol. The van der Waals surface area contributed by atoms with Crippen molar-refractivity contribution >= 4 is 23.3 Å². The van der Waals surface area contributed by atoms with Crippen LogP contribution in [0.5, 0.6) is 0 Å². The van der Waals surface area contributed by atoms with Crippen LogP contribution in [0.3, 0.4) is 0 Å². The van der Waals surface area contributed by atoms with E-state index < -0.39 is 11.7 Å². The average Bonchev–Trinajstić information content (AvgIpc) is 2.32. The molecule has 2 aromatic heterocycles. The monoisotopic (exact) mass is 252 g/mol. The van der Waals surface area contributed by atoms with Gasteiger partial charge < -0.3 is 5.32 Å². The standard InChI is InChI=1S/C10H6ClFN4O/c11-8-1-2-9(16-15-8)14-10(17)6-3-7(12)5-13-4-6/h1-5H,(H,14,16,17). The van der Waals surface area contributed by atoms with Gasteiger partial charge in [-0.15, -0.1) is 10.2 Å². The van der Waals surface area contributed by atoms with Crippen LogP contribution < -0.4 is 5.32 Å². The van der Waals surface area contributed by atoms with Crippen LogP contribution >= 0.6 is 11.6 Å². The smallest absolute Gasteiger partial charge is 0.258 e. The van der Waals surface area contributed by atoms with Gasteiger partial charge in [-0.2, -0.15) is 0 Å². The van der Waals surface area contributed by atoms with E-state index in [0.717, 1.165) is 12.3 Å². The van der Waals surface area contributed by atoms with E-state index in [1.165, 1.54) is 18.3 Å². The Bertz CT molecular complexity index is 546. The van der Waals surface area contributed by atoms with Crippen LogP contribution in [0.2, 0.25) is 5.15 Å². The van der Waals surface area contributed by atoms with Crippen molar-refractivity contribution in [2.75, 3.05) is 5.32 Å². The lowest BCUT2D eigenvalue weighted by Crippen LogP contribution is -2.13. The largest absolute Gasteiger partial charge is 0.305 e. The minimum absolute atomic E-state index is 0.0988. The van der Waals surface area contributed by atoms with E-state index in [1.807, 2.05) is 0 Å². The van der Waals surface area contributed by atoms with Crippen molar-refractivity contribution in [2.45, 2.75) is 0 Å². The number of halogens is 2. The molecule has 2 heterocycles. The minimum atomic E-state index is -0.583. The predicted octanol–water partition coefficient (Wildman–Crippen LogP) is 1.92. The van der Waals surface area contributed by atoms with Gasteiger partial charge in [0.15, 0.2) is 11.0 Å². The molecule has 0 aliphatic carbocycles. The first-order valence-electron chi connectivity index (χ1n) is 4.56. The highest BCUT2D eigenvalue weighted by Gasteiger charge is 2.08. The van der Waals surface area contributed by atoms with Crippen molar-refractivity contribution in [3.63, 3.8) is 0 Å². The highest BCUT2D eigenvalue weighted by atomic mass is 35.5. The van der Waals surface area contributed by atoms with Crippen LogP contribution in [0, 0.1) is 5.82 Å². The molecule has 0 atom stereocenters. The zero-order valence-corrected chi connectivity index (χ0v) is 9.15. The molecule has 0 saturated heterocycles. The number of pyridine rings is 1. The molecule has 17 heavy (non-hydrogen) atoms. The molecule has 0 bridgehead atoms. The summed E-state index contributed by atoms with van der Waals surface area (Å²) in [6.45, 7) is 0. The van der Waals surface area contributed by atoms with Gasteiger partial charge in [-0.1, -0.05) is 11.6 Å². The molecule has 0 radical (unpaired) electrons. The Balaban J connectivity index is 2.14. The van der Waals surface area contributed by atoms with Gasteiger partial charge >= 0.3 is 0 Å². The number of carbonyl (C=O) groups excluding carboxylic acids is 1. The average molecular weight is 253 g/mol. The molecule has 5 nitrogen and oxygen atoms in total. The van der Waals surface area contributed by atoms with E-state index in [0.29, 0.717) is 0 Å². The normalized spacial score (nSPS) is 10.0. The second-order valence-corrected chi connectivity index (χ2v) is 3.47. The molecule has 7 heteroatoms. The third-order valence-electron chi connectivity index (χ3n) is 1.84. The van der Waals surface area contributed by atoms with E-state index in [1.54, 1.807) is 0 Å². The Hall–Kier alpha value is -2.08. The van der Waals surface area contributed by atoms with Crippen molar-refractivity contribution in [3.8, 4) is 0 Å². The highest BCUT2D eigenvalue weighted by molar-refractivity contribution is 6.29. The Kier molecular flexibility index (Phi) is 3.24. The van der Waals surface area contributed by atoms with Gasteiger partial charge in [0.1, 0.15) is 5.82 Å². The first-order valence-corrected chi connectivity index (χ1v) is 4.94. The van der Waals surface area contributed by atoms with Gasteiger partial charge in [0.2, 0.25) is 0 Å². The number of carbonyl (C=O) groups is 1. The molecule has 0 aromatic carbocycles. The number of aromatic nitrogens is 3. The van der Waals surface area contributed by atoms with Gasteiger partial charge in [-0.3, -0.25) is 9.78 Å². The summed E-state index contributed by atoms with van der Waals surface area (Å²) in [4.78, 5) is 15.2. The van der Waals surface area contributed by atoms with Crippen molar-refractivity contribution < 1.29 is 9.18 Å². The maximum Gasteiger partial charge on any atom is 0.258 e. The van der Waals surface area contributed by atoms with Crippen molar-refractivity contribution in [1.82, 2.24) is 15.2 Å². The Labute approximate surface area is 101 Å². The Morgan fingerprint density at radius 1 is 1.29 bits per heavy atom. The van der Waals surface area contributed by atoms with Gasteiger partial charge in [0.25, 0.3) is 5.91 Å². The van der Waals surface area contributed by atoms with E-state index in [4.69, 9.17) is 11.6 Å². The van der Waals surface area contributed by atoms with E-state index in [-0.39, 0.29) is 16.5 Å². The fraction of sp³-hybridized carbons (Fsp3) is 0. The predicted molar refractivity (Wildman–Crippen MR) is 59.2 cm³/mol. The topological polar surface area (TPSA) is 67.8 Å². The fourth-order valence-electron chi connectivity index (χ4n) is 1.11. The van der Waals surface area contributed by atoms with Gasteiger partial charge in [-0.25, -0.2) is 4.39 Å². The summed E-state index contributed by atoms with van der Waals surface area (Å²) in [6.07, 6.45) is 2.26. The van der Waals surface area contributed by atoms with E-state index in [2.05, 4.69) is 20.5 Å². The van der Waals surface area contributed by atoms with Crippen LogP contribution in [-0.2, 0) is 0 Å². The number of rotatable bonds is 2. The van der Waals surface area contributed by atoms with Crippen LogP contribution in [0.15, 0.2) is 30.6 Å². The zero-order chi connectivity index (χ0) is 12.3. The second kappa shape index (κ2) is 4.84. The lowest BCUT2D eigenvalue weighted by atomic mass is 10.2. The maximum atomic E-state index is 12.8. The summed E-state index contributed by atoms with van der Waals surface area (Å²) in [5.74, 6) is -0.878. The number of nitrogens with zero attached hydrogens (tertiary/aromatic N) is 3. The van der Waals surface area contributed by atoms with Crippen LogP contribution in [0.1, 0.15) is 10.4 Å². The minimum Gasteiger partial charge on any atom is -0.305 e. The molecule has 1 amide bonds.